The Kier molecular flexibility index (Phi) is 3.62. The van der Waals surface area contributed by atoms with Gasteiger partial charge in [-0.1, -0.05) is 0 Å². The molecule has 0 radical (unpaired) electrons. The fraction of sp³-hybridized carbons (Fsp3) is 0.0769. The first kappa shape index (κ1) is 12.2. The Bertz CT molecular complexity index is 573. The number of hydrogen-bond acceptors (Lipinski definition) is 3. The molecule has 0 bridgehead atoms. The second-order valence-corrected chi connectivity index (χ2v) is 3.61. The van der Waals surface area contributed by atoms with Crippen LogP contribution in [-0.4, -0.2) is 11.3 Å². The van der Waals surface area contributed by atoms with Crippen LogP contribution in [0.5, 0.6) is 5.75 Å². The highest BCUT2D eigenvalue weighted by Gasteiger charge is 2.05. The molecule has 0 amide bonds. The van der Waals surface area contributed by atoms with E-state index in [0.29, 0.717) is 11.8 Å². The van der Waals surface area contributed by atoms with E-state index in [2.05, 4.69) is 4.98 Å². The van der Waals surface area contributed by atoms with Gasteiger partial charge < -0.3 is 4.74 Å². The number of ether oxygens (including phenoxy) is 1. The van der Waals surface area contributed by atoms with Crippen LogP contribution in [0.4, 0.5) is 8.78 Å². The van der Waals surface area contributed by atoms with E-state index in [1.54, 1.807) is 0 Å². The Morgan fingerprint density at radius 3 is 2.72 bits per heavy atom. The molecule has 3 nitrogen and oxygen atoms in total. The minimum atomic E-state index is -0.635. The molecule has 0 aliphatic heterocycles. The fourth-order valence-electron chi connectivity index (χ4n) is 1.40. The summed E-state index contributed by atoms with van der Waals surface area (Å²) in [6.07, 6.45) is 3.05. The van der Waals surface area contributed by atoms with Crippen molar-refractivity contribution in [2.45, 2.75) is 6.61 Å². The molecule has 0 aliphatic rings. The van der Waals surface area contributed by atoms with Crippen LogP contribution in [0.3, 0.4) is 0 Å². The number of halogens is 2. The number of aldehydes is 1. The van der Waals surface area contributed by atoms with Gasteiger partial charge in [0, 0.05) is 17.3 Å². The molecule has 0 N–H and O–H groups in total. The van der Waals surface area contributed by atoms with Gasteiger partial charge in [0.05, 0.1) is 6.20 Å². The largest absolute Gasteiger partial charge is 0.486 e. The van der Waals surface area contributed by atoms with Crippen molar-refractivity contribution in [1.82, 2.24) is 4.98 Å². The normalized spacial score (nSPS) is 10.1. The molecule has 0 spiro atoms. The van der Waals surface area contributed by atoms with Gasteiger partial charge in [-0.2, -0.15) is 0 Å². The first-order valence-corrected chi connectivity index (χ1v) is 5.16. The minimum Gasteiger partial charge on any atom is -0.486 e. The maximum Gasteiger partial charge on any atom is 0.165 e. The summed E-state index contributed by atoms with van der Waals surface area (Å²) in [6, 6.07) is 5.12. The number of nitrogens with zero attached hydrogens (tertiary/aromatic N) is 1. The zero-order valence-electron chi connectivity index (χ0n) is 9.27. The molecular formula is C13H9F2NO2. The van der Waals surface area contributed by atoms with Gasteiger partial charge in [0.15, 0.2) is 11.6 Å². The van der Waals surface area contributed by atoms with Gasteiger partial charge in [-0.3, -0.25) is 9.78 Å². The van der Waals surface area contributed by atoms with Crippen molar-refractivity contribution in [3.05, 3.63) is 59.4 Å². The van der Waals surface area contributed by atoms with Crippen molar-refractivity contribution >= 4 is 6.29 Å². The number of hydrogen-bond donors (Lipinski definition) is 0. The number of pyridine rings is 1. The topological polar surface area (TPSA) is 39.2 Å². The molecule has 0 unspecified atom stereocenters. The Labute approximate surface area is 102 Å². The number of rotatable bonds is 4. The maximum absolute atomic E-state index is 13.4. The van der Waals surface area contributed by atoms with Gasteiger partial charge in [0.2, 0.25) is 0 Å². The van der Waals surface area contributed by atoms with Crippen molar-refractivity contribution in [3.8, 4) is 5.75 Å². The second kappa shape index (κ2) is 5.35. The first-order valence-electron chi connectivity index (χ1n) is 5.16. The third kappa shape index (κ3) is 2.88. The Hall–Kier alpha value is -2.30. The molecule has 1 aromatic carbocycles. The highest BCUT2D eigenvalue weighted by Crippen LogP contribution is 2.19. The summed E-state index contributed by atoms with van der Waals surface area (Å²) in [6.45, 7) is 0.00210. The van der Waals surface area contributed by atoms with Crippen LogP contribution >= 0.6 is 0 Å². The number of carbonyl (C=O) groups excluding carboxylic acids is 1. The van der Waals surface area contributed by atoms with Crippen LogP contribution in [0.2, 0.25) is 0 Å². The van der Waals surface area contributed by atoms with Gasteiger partial charge in [-0.05, 0) is 24.3 Å². The highest BCUT2D eigenvalue weighted by molar-refractivity contribution is 5.74. The summed E-state index contributed by atoms with van der Waals surface area (Å²) in [5.41, 5.74) is 0.723. The van der Waals surface area contributed by atoms with Gasteiger partial charge in [0.1, 0.15) is 18.7 Å². The molecule has 2 aromatic rings. The Morgan fingerprint density at radius 1 is 1.22 bits per heavy atom. The molecule has 0 atom stereocenters. The average molecular weight is 249 g/mol. The lowest BCUT2D eigenvalue weighted by atomic mass is 10.2. The Balaban J connectivity index is 2.08. The highest BCUT2D eigenvalue weighted by atomic mass is 19.1. The first-order chi connectivity index (χ1) is 8.69. The lowest BCUT2D eigenvalue weighted by Gasteiger charge is -2.07. The monoisotopic (exact) mass is 249 g/mol. The number of aromatic nitrogens is 1. The predicted octanol–water partition coefficient (Wildman–Crippen LogP) is 2.75. The van der Waals surface area contributed by atoms with E-state index >= 15 is 0 Å². The van der Waals surface area contributed by atoms with Crippen LogP contribution in [0.15, 0.2) is 36.7 Å². The van der Waals surface area contributed by atoms with Gasteiger partial charge >= 0.3 is 0 Å². The third-order valence-corrected chi connectivity index (χ3v) is 2.25. The molecule has 18 heavy (non-hydrogen) atoms. The zero-order valence-corrected chi connectivity index (χ0v) is 9.27. The van der Waals surface area contributed by atoms with E-state index in [-0.39, 0.29) is 17.9 Å². The molecule has 0 saturated heterocycles. The van der Waals surface area contributed by atoms with E-state index in [1.807, 2.05) is 0 Å². The maximum atomic E-state index is 13.4. The van der Waals surface area contributed by atoms with Gasteiger partial charge in [-0.15, -0.1) is 0 Å². The second-order valence-electron chi connectivity index (χ2n) is 3.61. The molecule has 0 saturated carbocycles. The van der Waals surface area contributed by atoms with Crippen LogP contribution in [-0.2, 0) is 6.61 Å². The third-order valence-electron chi connectivity index (χ3n) is 2.25. The minimum absolute atomic E-state index is 0.00210. The van der Waals surface area contributed by atoms with E-state index < -0.39 is 11.6 Å². The smallest absolute Gasteiger partial charge is 0.165 e. The molecule has 0 aliphatic carbocycles. The van der Waals surface area contributed by atoms with Crippen molar-refractivity contribution in [2.75, 3.05) is 0 Å². The van der Waals surface area contributed by atoms with Crippen LogP contribution in [0.1, 0.15) is 15.9 Å². The lowest BCUT2D eigenvalue weighted by molar-refractivity contribution is 0.112. The molecule has 2 rings (SSSR count). The predicted molar refractivity (Wildman–Crippen MR) is 60.3 cm³/mol. The molecule has 5 heteroatoms. The lowest BCUT2D eigenvalue weighted by Crippen LogP contribution is -1.99. The number of benzene rings is 1. The summed E-state index contributed by atoms with van der Waals surface area (Å²) >= 11 is 0. The molecule has 1 heterocycles. The fourth-order valence-corrected chi connectivity index (χ4v) is 1.40. The van der Waals surface area contributed by atoms with Crippen molar-refractivity contribution in [1.29, 1.82) is 0 Å². The van der Waals surface area contributed by atoms with E-state index in [0.717, 1.165) is 12.3 Å². The van der Waals surface area contributed by atoms with Crippen molar-refractivity contribution < 1.29 is 18.3 Å². The zero-order chi connectivity index (χ0) is 13.0. The van der Waals surface area contributed by atoms with Crippen molar-refractivity contribution in [3.63, 3.8) is 0 Å². The summed E-state index contributed by atoms with van der Waals surface area (Å²) < 4.78 is 31.5. The van der Waals surface area contributed by atoms with Crippen LogP contribution in [0, 0.1) is 11.6 Å². The standard InChI is InChI=1S/C13H9F2NO2/c14-11-3-10(5-16-6-11)8-18-13-2-1-9(7-17)4-12(13)15/h1-7H,8H2. The summed E-state index contributed by atoms with van der Waals surface area (Å²) in [7, 11) is 0. The van der Waals surface area contributed by atoms with Gasteiger partial charge in [-0.25, -0.2) is 8.78 Å². The van der Waals surface area contributed by atoms with E-state index in [9.17, 15) is 13.6 Å². The van der Waals surface area contributed by atoms with Crippen LogP contribution in [0.25, 0.3) is 0 Å². The molecule has 0 fully saturated rings. The Morgan fingerprint density at radius 2 is 2.06 bits per heavy atom. The van der Waals surface area contributed by atoms with E-state index in [4.69, 9.17) is 4.74 Å². The number of carbonyl (C=O) groups is 1. The SMILES string of the molecule is O=Cc1ccc(OCc2cncc(F)c2)c(F)c1. The van der Waals surface area contributed by atoms with E-state index in [1.165, 1.54) is 24.4 Å². The molecule has 92 valence electrons. The average Bonchev–Trinajstić information content (AvgIpc) is 2.37. The van der Waals surface area contributed by atoms with Gasteiger partial charge in [0.25, 0.3) is 0 Å². The quantitative estimate of drug-likeness (QED) is 0.782. The summed E-state index contributed by atoms with van der Waals surface area (Å²) in [4.78, 5) is 14.1. The van der Waals surface area contributed by atoms with Crippen molar-refractivity contribution in [2.24, 2.45) is 0 Å². The van der Waals surface area contributed by atoms with Crippen LogP contribution < -0.4 is 4.74 Å². The summed E-state index contributed by atoms with van der Waals surface area (Å²) in [5.74, 6) is -1.11. The molecular weight excluding hydrogens is 240 g/mol. The summed E-state index contributed by atoms with van der Waals surface area (Å²) in [5, 5.41) is 0. The molecule has 1 aromatic heterocycles.